The third-order valence-corrected chi connectivity index (χ3v) is 6.30. The predicted molar refractivity (Wildman–Crippen MR) is 93.6 cm³/mol. The first-order valence-corrected chi connectivity index (χ1v) is 9.84. The van der Waals surface area contributed by atoms with Crippen molar-refractivity contribution in [2.24, 2.45) is 0 Å². The Bertz CT molecular complexity index is 990. The van der Waals surface area contributed by atoms with Crippen LogP contribution >= 0.6 is 0 Å². The molecule has 1 amide bonds. The van der Waals surface area contributed by atoms with E-state index in [0.29, 0.717) is 0 Å². The lowest BCUT2D eigenvalue weighted by Crippen LogP contribution is -2.45. The first kappa shape index (κ1) is 20.8. The Hall–Kier alpha value is -2.96. The summed E-state index contributed by atoms with van der Waals surface area (Å²) >= 11 is 0. The normalized spacial score (nSPS) is 22.2. The Morgan fingerprint density at radius 2 is 1.72 bits per heavy atom. The molecule has 0 bridgehead atoms. The number of nitrogens with zero attached hydrogens (tertiary/aromatic N) is 1. The van der Waals surface area contributed by atoms with Crippen LogP contribution in [0.3, 0.4) is 0 Å². The van der Waals surface area contributed by atoms with E-state index in [-0.39, 0.29) is 22.6 Å². The molecule has 2 aliphatic rings. The van der Waals surface area contributed by atoms with Gasteiger partial charge in [0.05, 0.1) is 4.90 Å². The number of carbonyl (C=O) groups excluding carboxylic acids is 3. The minimum Gasteiger partial charge on any atom is -0.508 e. The maximum absolute atomic E-state index is 13.0. The number of nitrogens with one attached hydrogen (secondary N) is 1. The van der Waals surface area contributed by atoms with Crippen LogP contribution in [0.4, 0.5) is 0 Å². The molecule has 0 unspecified atom stereocenters. The number of cyclic esters (lactones) is 2. The van der Waals surface area contributed by atoms with Gasteiger partial charge in [-0.05, 0) is 36.3 Å². The molecule has 1 aromatic rings. The molecule has 3 N–H and O–H groups in total. The van der Waals surface area contributed by atoms with Gasteiger partial charge >= 0.3 is 11.9 Å². The zero-order valence-electron chi connectivity index (χ0n) is 15.4. The van der Waals surface area contributed by atoms with E-state index in [1.165, 1.54) is 19.3 Å². The van der Waals surface area contributed by atoms with E-state index in [4.69, 9.17) is 14.7 Å². The van der Waals surface area contributed by atoms with Crippen molar-refractivity contribution in [1.29, 1.82) is 0 Å². The van der Waals surface area contributed by atoms with Gasteiger partial charge in [0.2, 0.25) is 10.0 Å². The highest BCUT2D eigenvalue weighted by Crippen LogP contribution is 2.34. The Morgan fingerprint density at radius 1 is 1.17 bits per heavy atom. The number of benzene rings is 1. The second-order valence-corrected chi connectivity index (χ2v) is 8.79. The molecule has 2 heterocycles. The summed E-state index contributed by atoms with van der Waals surface area (Å²) in [4.78, 5) is 36.4. The number of carbonyl (C=O) groups is 3. The summed E-state index contributed by atoms with van der Waals surface area (Å²) in [6.45, 7) is 2.26. The van der Waals surface area contributed by atoms with E-state index >= 15 is 0 Å². The Balaban J connectivity index is 2.04. The lowest BCUT2D eigenvalue weighted by molar-refractivity contribution is -0.222. The van der Waals surface area contributed by atoms with Gasteiger partial charge in [-0.15, -0.1) is 0 Å². The molecule has 0 aromatic heterocycles. The molecule has 2 aliphatic heterocycles. The lowest BCUT2D eigenvalue weighted by atomic mass is 10.0. The van der Waals surface area contributed by atoms with Crippen molar-refractivity contribution < 1.29 is 42.6 Å². The van der Waals surface area contributed by atoms with E-state index in [1.54, 1.807) is 0 Å². The molecule has 12 heteroatoms. The Labute approximate surface area is 165 Å². The number of aromatic hydroxyl groups is 1. The van der Waals surface area contributed by atoms with Crippen LogP contribution in [0, 0.1) is 0 Å². The zero-order valence-corrected chi connectivity index (χ0v) is 16.2. The van der Waals surface area contributed by atoms with Crippen molar-refractivity contribution in [3.05, 3.63) is 35.4 Å². The van der Waals surface area contributed by atoms with Crippen molar-refractivity contribution in [2.45, 2.75) is 37.0 Å². The van der Waals surface area contributed by atoms with E-state index in [1.807, 2.05) is 0 Å². The fourth-order valence-electron chi connectivity index (χ4n) is 3.12. The summed E-state index contributed by atoms with van der Waals surface area (Å²) in [5.74, 6) is -4.66. The van der Waals surface area contributed by atoms with Crippen LogP contribution in [0.25, 0.3) is 0 Å². The summed E-state index contributed by atoms with van der Waals surface area (Å²) < 4.78 is 36.8. The molecule has 2 saturated heterocycles. The molecule has 1 atom stereocenters. The summed E-state index contributed by atoms with van der Waals surface area (Å²) in [5, 5.41) is 18.4. The van der Waals surface area contributed by atoms with Crippen LogP contribution in [0.15, 0.2) is 40.3 Å². The average Bonchev–Trinajstić information content (AvgIpc) is 3.05. The molecule has 2 fully saturated rings. The van der Waals surface area contributed by atoms with Crippen molar-refractivity contribution >= 4 is 27.9 Å². The number of phenols is 1. The second-order valence-electron chi connectivity index (χ2n) is 6.90. The van der Waals surface area contributed by atoms with Gasteiger partial charge in [0.25, 0.3) is 11.7 Å². The van der Waals surface area contributed by atoms with Gasteiger partial charge in [0.1, 0.15) is 17.4 Å². The highest BCUT2D eigenvalue weighted by Gasteiger charge is 2.47. The number of ether oxygens (including phenoxy) is 2. The predicted octanol–water partition coefficient (Wildman–Crippen LogP) is -0.207. The maximum Gasteiger partial charge on any atom is 0.348 e. The van der Waals surface area contributed by atoms with Gasteiger partial charge in [-0.2, -0.15) is 4.31 Å². The standard InChI is InChI=1S/C17H18N2O9S/c1-17(2)27-15(22)13(16(23)28-17)9-7-12(14(21)18-24)19(8-9)29(25,26)11-5-3-10(20)4-6-11/h3-6,12,20,24H,7-8H2,1-2H3,(H,18,21)/t12-/m1/s1. The fraction of sp³-hybridized carbons (Fsp3) is 0.353. The first-order chi connectivity index (χ1) is 13.5. The van der Waals surface area contributed by atoms with Crippen LogP contribution in [0.5, 0.6) is 5.75 Å². The number of esters is 2. The number of sulfonamides is 1. The number of hydrogen-bond acceptors (Lipinski definition) is 9. The number of phenolic OH excluding ortho intramolecular Hbond substituents is 1. The molecule has 0 spiro atoms. The van der Waals surface area contributed by atoms with Gasteiger partial charge in [0, 0.05) is 20.4 Å². The monoisotopic (exact) mass is 426 g/mol. The number of rotatable bonds is 3. The van der Waals surface area contributed by atoms with Crippen molar-refractivity contribution in [3.8, 4) is 5.75 Å². The number of hydroxylamine groups is 1. The van der Waals surface area contributed by atoms with E-state index in [0.717, 1.165) is 28.6 Å². The maximum atomic E-state index is 13.0. The van der Waals surface area contributed by atoms with E-state index in [9.17, 15) is 27.9 Å². The summed E-state index contributed by atoms with van der Waals surface area (Å²) in [5.41, 5.74) is 0.926. The molecule has 29 heavy (non-hydrogen) atoms. The SMILES string of the molecule is CC1(C)OC(=O)C(=C2C[C@H](C(=O)NO)N(S(=O)(=O)c3ccc(O)cc3)C2)C(=O)O1. The molecule has 0 saturated carbocycles. The van der Waals surface area contributed by atoms with Gasteiger partial charge in [-0.1, -0.05) is 0 Å². The van der Waals surface area contributed by atoms with E-state index < -0.39 is 51.8 Å². The zero-order chi connectivity index (χ0) is 21.6. The molecule has 1 aromatic carbocycles. The van der Waals surface area contributed by atoms with Gasteiger partial charge in [-0.25, -0.2) is 23.5 Å². The third kappa shape index (κ3) is 3.81. The minimum absolute atomic E-state index is 0.0199. The molecule has 156 valence electrons. The molecular weight excluding hydrogens is 408 g/mol. The molecular formula is C17H18N2O9S. The number of hydrogen-bond donors (Lipinski definition) is 3. The van der Waals surface area contributed by atoms with Gasteiger partial charge in [-0.3, -0.25) is 10.0 Å². The smallest absolute Gasteiger partial charge is 0.348 e. The molecule has 0 aliphatic carbocycles. The largest absolute Gasteiger partial charge is 0.508 e. The average molecular weight is 426 g/mol. The van der Waals surface area contributed by atoms with Gasteiger partial charge < -0.3 is 14.6 Å². The highest BCUT2D eigenvalue weighted by atomic mass is 32.2. The summed E-state index contributed by atoms with van der Waals surface area (Å²) in [6.07, 6.45) is -0.330. The fourth-order valence-corrected chi connectivity index (χ4v) is 4.71. The number of amides is 1. The van der Waals surface area contributed by atoms with Crippen molar-refractivity contribution in [1.82, 2.24) is 9.79 Å². The van der Waals surface area contributed by atoms with Crippen LogP contribution in [-0.2, 0) is 33.9 Å². The summed E-state index contributed by atoms with van der Waals surface area (Å²) in [7, 11) is -4.28. The minimum atomic E-state index is -4.28. The quantitative estimate of drug-likeness (QED) is 0.195. The van der Waals surface area contributed by atoms with Gasteiger partial charge in [0.15, 0.2) is 0 Å². The second kappa shape index (κ2) is 7.13. The van der Waals surface area contributed by atoms with Crippen molar-refractivity contribution in [3.63, 3.8) is 0 Å². The molecule has 0 radical (unpaired) electrons. The first-order valence-electron chi connectivity index (χ1n) is 8.40. The molecule has 11 nitrogen and oxygen atoms in total. The topological polar surface area (TPSA) is 160 Å². The summed E-state index contributed by atoms with van der Waals surface area (Å²) in [6, 6.07) is 3.16. The van der Waals surface area contributed by atoms with Crippen LogP contribution in [-0.4, -0.2) is 59.3 Å². The lowest BCUT2D eigenvalue weighted by Gasteiger charge is -2.30. The van der Waals surface area contributed by atoms with Crippen LogP contribution in [0.2, 0.25) is 0 Å². The van der Waals surface area contributed by atoms with Crippen molar-refractivity contribution in [2.75, 3.05) is 6.54 Å². The highest BCUT2D eigenvalue weighted by molar-refractivity contribution is 7.89. The van der Waals surface area contributed by atoms with E-state index in [2.05, 4.69) is 0 Å². The molecule has 3 rings (SSSR count). The Morgan fingerprint density at radius 3 is 2.24 bits per heavy atom. The van der Waals surface area contributed by atoms with Crippen LogP contribution < -0.4 is 5.48 Å². The van der Waals surface area contributed by atoms with Crippen LogP contribution in [0.1, 0.15) is 20.3 Å². The Kier molecular flexibility index (Phi) is 5.11. The third-order valence-electron chi connectivity index (χ3n) is 4.43.